The number of methoxy groups -OCH3 is 1. The number of pyridine rings is 1. The van der Waals surface area contributed by atoms with Crippen molar-refractivity contribution in [3.8, 4) is 5.69 Å². The minimum absolute atomic E-state index is 0.0333. The Hall–Kier alpha value is -1.84. The van der Waals surface area contributed by atoms with Gasteiger partial charge >= 0.3 is 12.1 Å². The highest BCUT2D eigenvalue weighted by atomic mass is 127. The second-order valence-electron chi connectivity index (χ2n) is 4.67. The zero-order chi connectivity index (χ0) is 17.4. The Morgan fingerprint density at radius 1 is 1.26 bits per heavy atom. The smallest absolute Gasteiger partial charge is 0.416 e. The first-order chi connectivity index (χ1) is 10.7. The van der Waals surface area contributed by atoms with Crippen molar-refractivity contribution in [3.63, 3.8) is 0 Å². The van der Waals surface area contributed by atoms with Gasteiger partial charge in [0.15, 0.2) is 0 Å². The van der Waals surface area contributed by atoms with Crippen molar-refractivity contribution in [2.75, 3.05) is 7.11 Å². The molecule has 0 fully saturated rings. The first kappa shape index (κ1) is 17.5. The topological polar surface area (TPSA) is 48.3 Å². The number of aromatic nitrogens is 1. The van der Waals surface area contributed by atoms with Crippen LogP contribution in [0.2, 0.25) is 0 Å². The number of esters is 1. The van der Waals surface area contributed by atoms with Gasteiger partial charge in [0.25, 0.3) is 5.56 Å². The van der Waals surface area contributed by atoms with E-state index in [-0.39, 0.29) is 11.3 Å². The molecule has 0 saturated heterocycles. The number of rotatable bonds is 2. The van der Waals surface area contributed by atoms with Gasteiger partial charge in [-0.25, -0.2) is 4.79 Å². The summed E-state index contributed by atoms with van der Waals surface area (Å²) in [5.74, 6) is -0.839. The quantitative estimate of drug-likeness (QED) is 0.534. The van der Waals surface area contributed by atoms with Gasteiger partial charge in [-0.2, -0.15) is 13.2 Å². The lowest BCUT2D eigenvalue weighted by Crippen LogP contribution is -2.28. The molecule has 1 aromatic carbocycles. The number of hydrogen-bond donors (Lipinski definition) is 0. The zero-order valence-corrected chi connectivity index (χ0v) is 14.2. The lowest BCUT2D eigenvalue weighted by atomic mass is 10.1. The summed E-state index contributed by atoms with van der Waals surface area (Å²) in [5, 5.41) is 0. The first-order valence-electron chi connectivity index (χ1n) is 6.35. The molecule has 122 valence electrons. The van der Waals surface area contributed by atoms with E-state index in [9.17, 15) is 22.8 Å². The SMILES string of the molecule is COC(=O)c1cc(I)c(C)n(-c2cccc(C(F)(F)F)c2)c1=O. The van der Waals surface area contributed by atoms with Gasteiger partial charge in [-0.05, 0) is 53.8 Å². The van der Waals surface area contributed by atoms with E-state index in [4.69, 9.17) is 0 Å². The van der Waals surface area contributed by atoms with E-state index in [2.05, 4.69) is 4.74 Å². The van der Waals surface area contributed by atoms with Gasteiger partial charge < -0.3 is 4.74 Å². The molecule has 0 aliphatic rings. The van der Waals surface area contributed by atoms with Gasteiger partial charge in [0, 0.05) is 15.0 Å². The third-order valence-electron chi connectivity index (χ3n) is 3.22. The van der Waals surface area contributed by atoms with Crippen LogP contribution in [0.15, 0.2) is 35.1 Å². The van der Waals surface area contributed by atoms with E-state index < -0.39 is 23.3 Å². The lowest BCUT2D eigenvalue weighted by molar-refractivity contribution is -0.137. The number of halogens is 4. The van der Waals surface area contributed by atoms with Crippen LogP contribution in [0, 0.1) is 10.5 Å². The highest BCUT2D eigenvalue weighted by Crippen LogP contribution is 2.30. The molecule has 0 amide bonds. The number of alkyl halides is 3. The van der Waals surface area contributed by atoms with Gasteiger partial charge in [-0.1, -0.05) is 6.07 Å². The van der Waals surface area contributed by atoms with Gasteiger partial charge in [0.05, 0.1) is 12.7 Å². The highest BCUT2D eigenvalue weighted by Gasteiger charge is 2.31. The van der Waals surface area contributed by atoms with Crippen LogP contribution in [0.1, 0.15) is 21.6 Å². The molecule has 0 radical (unpaired) electrons. The Morgan fingerprint density at radius 2 is 1.91 bits per heavy atom. The molecular formula is C15H11F3INO3. The van der Waals surface area contributed by atoms with Crippen molar-refractivity contribution in [2.45, 2.75) is 13.1 Å². The average Bonchev–Trinajstić information content (AvgIpc) is 2.50. The average molecular weight is 437 g/mol. The molecule has 2 rings (SSSR count). The van der Waals surface area contributed by atoms with Gasteiger partial charge in [-0.3, -0.25) is 9.36 Å². The van der Waals surface area contributed by atoms with E-state index in [0.29, 0.717) is 9.26 Å². The molecule has 0 unspecified atom stereocenters. The van der Waals surface area contributed by atoms with Crippen molar-refractivity contribution in [1.29, 1.82) is 0 Å². The summed E-state index contributed by atoms with van der Waals surface area (Å²) in [4.78, 5) is 24.2. The molecule has 1 heterocycles. The number of benzene rings is 1. The van der Waals surface area contributed by atoms with Crippen LogP contribution >= 0.6 is 22.6 Å². The number of carbonyl (C=O) groups is 1. The van der Waals surface area contributed by atoms with Crippen LogP contribution in [-0.2, 0) is 10.9 Å². The minimum Gasteiger partial charge on any atom is -0.465 e. The second-order valence-corrected chi connectivity index (χ2v) is 5.83. The Labute approximate surface area is 143 Å². The van der Waals surface area contributed by atoms with Crippen molar-refractivity contribution in [3.05, 3.63) is 61.1 Å². The Balaban J connectivity index is 2.76. The van der Waals surface area contributed by atoms with Crippen LogP contribution < -0.4 is 5.56 Å². The van der Waals surface area contributed by atoms with Crippen molar-refractivity contribution < 1.29 is 22.7 Å². The van der Waals surface area contributed by atoms with E-state index in [0.717, 1.165) is 23.8 Å². The summed E-state index contributed by atoms with van der Waals surface area (Å²) in [6, 6.07) is 5.72. The second kappa shape index (κ2) is 6.34. The molecule has 23 heavy (non-hydrogen) atoms. The molecule has 0 atom stereocenters. The van der Waals surface area contributed by atoms with Crippen LogP contribution in [0.3, 0.4) is 0 Å². The maximum absolute atomic E-state index is 12.9. The normalized spacial score (nSPS) is 11.4. The van der Waals surface area contributed by atoms with Gasteiger partial charge in [0.1, 0.15) is 5.56 Å². The summed E-state index contributed by atoms with van der Waals surface area (Å²) in [6.07, 6.45) is -4.53. The number of nitrogens with zero attached hydrogens (tertiary/aromatic N) is 1. The van der Waals surface area contributed by atoms with Crippen LogP contribution in [-0.4, -0.2) is 17.6 Å². The molecular weight excluding hydrogens is 426 g/mol. The fourth-order valence-corrected chi connectivity index (χ4v) is 2.61. The molecule has 0 saturated carbocycles. The number of carbonyl (C=O) groups excluding carboxylic acids is 1. The van der Waals surface area contributed by atoms with Gasteiger partial charge in [-0.15, -0.1) is 0 Å². The summed E-state index contributed by atoms with van der Waals surface area (Å²) in [7, 11) is 1.13. The maximum Gasteiger partial charge on any atom is 0.416 e. The summed E-state index contributed by atoms with van der Waals surface area (Å²) >= 11 is 1.90. The zero-order valence-electron chi connectivity index (χ0n) is 12.1. The first-order valence-corrected chi connectivity index (χ1v) is 7.42. The Morgan fingerprint density at radius 3 is 2.48 bits per heavy atom. The number of ether oxygens (including phenoxy) is 1. The molecule has 0 bridgehead atoms. The molecule has 0 spiro atoms. The largest absolute Gasteiger partial charge is 0.465 e. The van der Waals surface area contributed by atoms with Crippen LogP contribution in [0.25, 0.3) is 5.69 Å². The fourth-order valence-electron chi connectivity index (χ4n) is 2.06. The van der Waals surface area contributed by atoms with Crippen molar-refractivity contribution in [1.82, 2.24) is 4.57 Å². The molecule has 0 aliphatic carbocycles. The molecule has 0 N–H and O–H groups in total. The summed E-state index contributed by atoms with van der Waals surface area (Å²) in [5.41, 5.74) is -1.37. The summed E-state index contributed by atoms with van der Waals surface area (Å²) in [6.45, 7) is 1.59. The lowest BCUT2D eigenvalue weighted by Gasteiger charge is -2.15. The fraction of sp³-hybridized carbons (Fsp3) is 0.200. The molecule has 8 heteroatoms. The third kappa shape index (κ3) is 3.41. The van der Waals surface area contributed by atoms with E-state index in [1.807, 2.05) is 22.6 Å². The molecule has 1 aromatic heterocycles. The van der Waals surface area contributed by atoms with E-state index in [1.165, 1.54) is 18.2 Å². The predicted octanol–water partition coefficient (Wildman–Crippen LogP) is 3.56. The molecule has 2 aromatic rings. The molecule has 4 nitrogen and oxygen atoms in total. The highest BCUT2D eigenvalue weighted by molar-refractivity contribution is 14.1. The van der Waals surface area contributed by atoms with Crippen molar-refractivity contribution >= 4 is 28.6 Å². The van der Waals surface area contributed by atoms with Crippen molar-refractivity contribution in [2.24, 2.45) is 0 Å². The number of hydrogen-bond acceptors (Lipinski definition) is 3. The van der Waals surface area contributed by atoms with Crippen LogP contribution in [0.5, 0.6) is 0 Å². The standard InChI is InChI=1S/C15H11F3INO3/c1-8-12(19)7-11(14(22)23-2)13(21)20(8)10-5-3-4-9(6-10)15(16,17)18/h3-7H,1-2H3. The van der Waals surface area contributed by atoms with E-state index in [1.54, 1.807) is 6.92 Å². The van der Waals surface area contributed by atoms with E-state index >= 15 is 0 Å². The van der Waals surface area contributed by atoms with Crippen LogP contribution in [0.4, 0.5) is 13.2 Å². The summed E-state index contributed by atoms with van der Waals surface area (Å²) < 4.78 is 44.8. The Bertz CT molecular complexity index is 828. The monoisotopic (exact) mass is 437 g/mol. The maximum atomic E-state index is 12.9. The predicted molar refractivity (Wildman–Crippen MR) is 85.8 cm³/mol. The molecule has 0 aliphatic heterocycles. The Kier molecular flexibility index (Phi) is 4.83. The minimum atomic E-state index is -4.53. The third-order valence-corrected chi connectivity index (χ3v) is 4.31. The van der Waals surface area contributed by atoms with Gasteiger partial charge in [0.2, 0.25) is 0 Å².